The Balaban J connectivity index is 1.61. The topological polar surface area (TPSA) is 90.3 Å². The summed E-state index contributed by atoms with van der Waals surface area (Å²) in [7, 11) is -3.77. The standard InChI is InChI=1S/C17H15Cl2N3O3S2/c18-14-7-15(26-16(14)19)27(24,25)21-9-13-4-5-22(17(13)23)10-12-3-1-2-11(6-12)8-20/h1-3,6-7,13,21H,4-5,9-10H2/t13-/m0/s1. The van der Waals surface area contributed by atoms with Crippen molar-refractivity contribution in [3.8, 4) is 6.07 Å². The average molecular weight is 444 g/mol. The zero-order chi connectivity index (χ0) is 19.6. The highest BCUT2D eigenvalue weighted by Gasteiger charge is 2.32. The fourth-order valence-electron chi connectivity index (χ4n) is 2.85. The molecule has 142 valence electrons. The van der Waals surface area contributed by atoms with Crippen LogP contribution in [0.1, 0.15) is 17.5 Å². The lowest BCUT2D eigenvalue weighted by Crippen LogP contribution is -2.34. The van der Waals surface area contributed by atoms with E-state index in [9.17, 15) is 13.2 Å². The molecule has 0 radical (unpaired) electrons. The van der Waals surface area contributed by atoms with Crippen LogP contribution in [0.2, 0.25) is 9.36 Å². The second-order valence-corrected chi connectivity index (χ2v) is 10.2. The van der Waals surface area contributed by atoms with Crippen LogP contribution in [0.3, 0.4) is 0 Å². The summed E-state index contributed by atoms with van der Waals surface area (Å²) in [5, 5.41) is 9.15. The van der Waals surface area contributed by atoms with Crippen molar-refractivity contribution < 1.29 is 13.2 Å². The van der Waals surface area contributed by atoms with Crippen molar-refractivity contribution in [2.45, 2.75) is 17.2 Å². The van der Waals surface area contributed by atoms with Gasteiger partial charge in [-0.2, -0.15) is 5.26 Å². The monoisotopic (exact) mass is 443 g/mol. The zero-order valence-corrected chi connectivity index (χ0v) is 17.1. The number of carbonyl (C=O) groups excluding carboxylic acids is 1. The Labute approximate surface area is 171 Å². The second-order valence-electron chi connectivity index (χ2n) is 6.10. The van der Waals surface area contributed by atoms with E-state index in [1.54, 1.807) is 23.1 Å². The quantitative estimate of drug-likeness (QED) is 0.741. The number of thiophene rings is 1. The van der Waals surface area contributed by atoms with Crippen LogP contribution < -0.4 is 4.72 Å². The average Bonchev–Trinajstić information content (AvgIpc) is 3.17. The largest absolute Gasteiger partial charge is 0.338 e. The zero-order valence-electron chi connectivity index (χ0n) is 14.0. The van der Waals surface area contributed by atoms with Crippen LogP contribution in [0.4, 0.5) is 0 Å². The number of benzene rings is 1. The summed E-state index contributed by atoms with van der Waals surface area (Å²) in [6.07, 6.45) is 0.561. The molecule has 0 bridgehead atoms. The first-order valence-corrected chi connectivity index (χ1v) is 11.1. The van der Waals surface area contributed by atoms with Gasteiger partial charge in [0.2, 0.25) is 15.9 Å². The van der Waals surface area contributed by atoms with Crippen molar-refractivity contribution in [3.05, 3.63) is 50.8 Å². The molecular formula is C17H15Cl2N3O3S2. The minimum absolute atomic E-state index is 0.0169. The molecule has 10 heteroatoms. The number of nitriles is 1. The van der Waals surface area contributed by atoms with Gasteiger partial charge < -0.3 is 4.90 Å². The van der Waals surface area contributed by atoms with Gasteiger partial charge in [-0.15, -0.1) is 11.3 Å². The van der Waals surface area contributed by atoms with Crippen molar-refractivity contribution in [3.63, 3.8) is 0 Å². The number of carbonyl (C=O) groups is 1. The molecule has 2 heterocycles. The van der Waals surface area contributed by atoms with Gasteiger partial charge in [0.25, 0.3) is 0 Å². The van der Waals surface area contributed by atoms with Crippen LogP contribution in [-0.4, -0.2) is 32.3 Å². The highest BCUT2D eigenvalue weighted by Crippen LogP contribution is 2.34. The predicted octanol–water partition coefficient (Wildman–Crippen LogP) is 3.25. The van der Waals surface area contributed by atoms with Gasteiger partial charge in [0.1, 0.15) is 8.55 Å². The molecule has 1 atom stereocenters. The lowest BCUT2D eigenvalue weighted by Gasteiger charge is -2.17. The summed E-state index contributed by atoms with van der Waals surface area (Å²) >= 11 is 12.5. The number of nitrogens with zero attached hydrogens (tertiary/aromatic N) is 2. The van der Waals surface area contributed by atoms with E-state index in [2.05, 4.69) is 10.8 Å². The van der Waals surface area contributed by atoms with E-state index < -0.39 is 15.9 Å². The summed E-state index contributed by atoms with van der Waals surface area (Å²) in [6.45, 7) is 0.954. The highest BCUT2D eigenvalue weighted by molar-refractivity contribution is 7.91. The van der Waals surface area contributed by atoms with Gasteiger partial charge in [-0.1, -0.05) is 35.3 Å². The molecule has 1 fully saturated rings. The maximum atomic E-state index is 12.6. The first-order chi connectivity index (χ1) is 12.8. The van der Waals surface area contributed by atoms with Crippen molar-refractivity contribution in [2.24, 2.45) is 5.92 Å². The van der Waals surface area contributed by atoms with Crippen LogP contribution in [0, 0.1) is 17.2 Å². The molecule has 1 aromatic heterocycles. The molecule has 2 aromatic rings. The first-order valence-electron chi connectivity index (χ1n) is 8.02. The highest BCUT2D eigenvalue weighted by atomic mass is 35.5. The molecule has 1 N–H and O–H groups in total. The fourth-order valence-corrected chi connectivity index (χ4v) is 5.86. The van der Waals surface area contributed by atoms with Crippen LogP contribution >= 0.6 is 34.5 Å². The Bertz CT molecular complexity index is 995. The van der Waals surface area contributed by atoms with Gasteiger partial charge in [0, 0.05) is 19.6 Å². The summed E-state index contributed by atoms with van der Waals surface area (Å²) < 4.78 is 27.4. The summed E-state index contributed by atoms with van der Waals surface area (Å²) in [6, 6.07) is 10.4. The van der Waals surface area contributed by atoms with E-state index in [4.69, 9.17) is 28.5 Å². The molecule has 0 saturated carbocycles. The number of hydrogen-bond donors (Lipinski definition) is 1. The summed E-state index contributed by atoms with van der Waals surface area (Å²) in [5.41, 5.74) is 1.41. The molecular weight excluding hydrogens is 429 g/mol. The fraction of sp³-hybridized carbons (Fsp3) is 0.294. The van der Waals surface area contributed by atoms with Gasteiger partial charge in [0.15, 0.2) is 0 Å². The van der Waals surface area contributed by atoms with Gasteiger partial charge in [0.05, 0.1) is 22.6 Å². The van der Waals surface area contributed by atoms with Gasteiger partial charge in [-0.3, -0.25) is 4.79 Å². The SMILES string of the molecule is N#Cc1cccc(CN2CC[C@@H](CNS(=O)(=O)c3cc(Cl)c(Cl)s3)C2=O)c1. The van der Waals surface area contributed by atoms with Crippen LogP contribution in [0.15, 0.2) is 34.5 Å². The number of rotatable bonds is 6. The third kappa shape index (κ3) is 4.62. The molecule has 3 rings (SSSR count). The molecule has 1 aromatic carbocycles. The van der Waals surface area contributed by atoms with E-state index >= 15 is 0 Å². The number of nitrogens with one attached hydrogen (secondary N) is 1. The smallest absolute Gasteiger partial charge is 0.250 e. The summed E-state index contributed by atoms with van der Waals surface area (Å²) in [4.78, 5) is 14.2. The molecule has 0 aliphatic carbocycles. The number of amides is 1. The van der Waals surface area contributed by atoms with Crippen LogP contribution in [0.5, 0.6) is 0 Å². The minimum atomic E-state index is -3.77. The minimum Gasteiger partial charge on any atom is -0.338 e. The number of hydrogen-bond acceptors (Lipinski definition) is 5. The van der Waals surface area contributed by atoms with E-state index in [1.807, 2.05) is 6.07 Å². The lowest BCUT2D eigenvalue weighted by molar-refractivity contribution is -0.131. The van der Waals surface area contributed by atoms with Gasteiger partial charge in [-0.05, 0) is 30.2 Å². The van der Waals surface area contributed by atoms with E-state index in [-0.39, 0.29) is 26.0 Å². The van der Waals surface area contributed by atoms with Crippen molar-refractivity contribution in [2.75, 3.05) is 13.1 Å². The maximum Gasteiger partial charge on any atom is 0.250 e. The third-order valence-electron chi connectivity index (χ3n) is 4.25. The van der Waals surface area contributed by atoms with Crippen LogP contribution in [-0.2, 0) is 21.4 Å². The van der Waals surface area contributed by atoms with E-state index in [0.717, 1.165) is 16.9 Å². The summed E-state index contributed by atoms with van der Waals surface area (Å²) in [5.74, 6) is -0.535. The molecule has 1 aliphatic heterocycles. The number of likely N-dealkylation sites (tertiary alicyclic amines) is 1. The Hall–Kier alpha value is -1.63. The molecule has 1 aliphatic rings. The Kier molecular flexibility index (Phi) is 6.08. The molecule has 0 spiro atoms. The molecule has 0 unspecified atom stereocenters. The molecule has 1 amide bonds. The lowest BCUT2D eigenvalue weighted by atomic mass is 10.1. The Morgan fingerprint density at radius 3 is 2.78 bits per heavy atom. The van der Waals surface area contributed by atoms with Gasteiger partial charge >= 0.3 is 0 Å². The molecule has 27 heavy (non-hydrogen) atoms. The number of halogens is 2. The van der Waals surface area contributed by atoms with E-state index in [1.165, 1.54) is 6.07 Å². The Morgan fingerprint density at radius 2 is 2.11 bits per heavy atom. The third-order valence-corrected chi connectivity index (χ3v) is 8.01. The Morgan fingerprint density at radius 1 is 1.33 bits per heavy atom. The van der Waals surface area contributed by atoms with Crippen molar-refractivity contribution in [1.82, 2.24) is 9.62 Å². The van der Waals surface area contributed by atoms with Crippen molar-refractivity contribution in [1.29, 1.82) is 5.26 Å². The normalized spacial score (nSPS) is 17.3. The predicted molar refractivity (Wildman–Crippen MR) is 104 cm³/mol. The number of sulfonamides is 1. The molecule has 1 saturated heterocycles. The second kappa shape index (κ2) is 8.17. The molecule has 6 nitrogen and oxygen atoms in total. The van der Waals surface area contributed by atoms with Gasteiger partial charge in [-0.25, -0.2) is 13.1 Å². The first kappa shape index (κ1) is 20.1. The van der Waals surface area contributed by atoms with Crippen molar-refractivity contribution >= 4 is 50.5 Å². The van der Waals surface area contributed by atoms with Crippen LogP contribution in [0.25, 0.3) is 0 Å². The maximum absolute atomic E-state index is 12.6. The van der Waals surface area contributed by atoms with E-state index in [0.29, 0.717) is 25.1 Å².